The van der Waals surface area contributed by atoms with Crippen molar-refractivity contribution in [2.24, 2.45) is 0 Å². The molecule has 6 heteroatoms. The zero-order chi connectivity index (χ0) is 10.8. The number of benzene rings is 1. The van der Waals surface area contributed by atoms with E-state index < -0.39 is 22.1 Å². The lowest BCUT2D eigenvalue weighted by Gasteiger charge is -2.09. The predicted octanol–water partition coefficient (Wildman–Crippen LogP) is 3.29. The molecule has 78 valence electrons. The van der Waals surface area contributed by atoms with Crippen molar-refractivity contribution >= 4 is 17.2 Å². The Bertz CT molecular complexity index is 331. The summed E-state index contributed by atoms with van der Waals surface area (Å²) in [6.07, 6.45) is 0. The molecule has 1 aromatic rings. The molecule has 0 aliphatic carbocycles. The van der Waals surface area contributed by atoms with Gasteiger partial charge in [0.1, 0.15) is 0 Å². The minimum atomic E-state index is -5.20. The molecule has 0 unspecified atom stereocenters. The minimum absolute atomic E-state index is 0.111. The quantitative estimate of drug-likeness (QED) is 0.720. The Kier molecular flexibility index (Phi) is 3.05. The number of carbonyl (C=O) groups is 1. The van der Waals surface area contributed by atoms with Gasteiger partial charge in [0.05, 0.1) is 17.6 Å². The molecule has 2 nitrogen and oxygen atoms in total. The van der Waals surface area contributed by atoms with E-state index in [4.69, 9.17) is 0 Å². The molecule has 14 heavy (non-hydrogen) atoms. The molecule has 0 aliphatic rings. The predicted molar refractivity (Wildman–Crippen MR) is 47.0 cm³/mol. The first-order valence-corrected chi connectivity index (χ1v) is 4.89. The van der Waals surface area contributed by atoms with Crippen molar-refractivity contribution in [1.82, 2.24) is 0 Å². The number of halogens is 3. The lowest BCUT2D eigenvalue weighted by Crippen LogP contribution is -2.00. The molecule has 1 aromatic carbocycles. The summed E-state index contributed by atoms with van der Waals surface area (Å²) in [7, 11) is 1.17. The number of hydrogen-bond acceptors (Lipinski definition) is 2. The standard InChI is InChI=1S/C8H7F3O2S/c1-13-8(12)6-2-4-7(5-3-6)14(9,10)11/h2-5H,1H3. The molecular weight excluding hydrogens is 217 g/mol. The Hall–Kier alpha value is -1.17. The summed E-state index contributed by atoms with van der Waals surface area (Å²) in [5.74, 6) is -0.645. The molecule has 0 spiro atoms. The largest absolute Gasteiger partial charge is 0.465 e. The zero-order valence-corrected chi connectivity index (χ0v) is 7.98. The van der Waals surface area contributed by atoms with Gasteiger partial charge in [0.25, 0.3) is 0 Å². The second-order valence-electron chi connectivity index (χ2n) is 2.42. The van der Waals surface area contributed by atoms with Crippen LogP contribution in [0.2, 0.25) is 0 Å². The van der Waals surface area contributed by atoms with E-state index in [1.165, 1.54) is 7.11 Å². The fraction of sp³-hybridized carbons (Fsp3) is 0.125. The van der Waals surface area contributed by atoms with Crippen molar-refractivity contribution in [2.45, 2.75) is 4.90 Å². The first-order valence-electron chi connectivity index (χ1n) is 3.55. The van der Waals surface area contributed by atoms with E-state index in [1.54, 1.807) is 0 Å². The highest BCUT2D eigenvalue weighted by molar-refractivity contribution is 8.20. The van der Waals surface area contributed by atoms with Gasteiger partial charge < -0.3 is 4.74 Å². The van der Waals surface area contributed by atoms with Gasteiger partial charge in [0, 0.05) is 0 Å². The Morgan fingerprint density at radius 2 is 1.71 bits per heavy atom. The second-order valence-corrected chi connectivity index (χ2v) is 3.71. The summed E-state index contributed by atoms with van der Waals surface area (Å²) < 4.78 is 40.9. The Morgan fingerprint density at radius 3 is 2.07 bits per heavy atom. The van der Waals surface area contributed by atoms with E-state index in [0.717, 1.165) is 24.3 Å². The first-order chi connectivity index (χ1) is 6.45. The number of ether oxygens (including phenoxy) is 1. The van der Waals surface area contributed by atoms with Gasteiger partial charge in [0.2, 0.25) is 11.2 Å². The van der Waals surface area contributed by atoms with Gasteiger partial charge in [0.15, 0.2) is 0 Å². The molecule has 0 aromatic heterocycles. The normalized spacial score (nSPS) is 12.3. The summed E-state index contributed by atoms with van der Waals surface area (Å²) in [6, 6.07) is 3.95. The lowest BCUT2D eigenvalue weighted by atomic mass is 10.2. The summed E-state index contributed by atoms with van der Waals surface area (Å²) >= 11 is -5.20. The number of hydrogen-bond donors (Lipinski definition) is 0. The van der Waals surface area contributed by atoms with Crippen LogP contribution in [0.4, 0.5) is 11.7 Å². The van der Waals surface area contributed by atoms with E-state index in [1.807, 2.05) is 0 Å². The molecule has 0 fully saturated rings. The third-order valence-corrected chi connectivity index (χ3v) is 2.35. The molecule has 1 rings (SSSR count). The van der Waals surface area contributed by atoms with Crippen LogP contribution in [0.25, 0.3) is 0 Å². The van der Waals surface area contributed by atoms with Crippen LogP contribution in [-0.2, 0) is 4.74 Å². The third-order valence-electron chi connectivity index (χ3n) is 1.54. The minimum Gasteiger partial charge on any atom is -0.465 e. The Labute approximate surface area is 80.9 Å². The molecule has 0 saturated carbocycles. The average Bonchev–Trinajstić information content (AvgIpc) is 2.15. The van der Waals surface area contributed by atoms with E-state index in [9.17, 15) is 16.5 Å². The van der Waals surface area contributed by atoms with Crippen molar-refractivity contribution in [1.29, 1.82) is 0 Å². The Balaban J connectivity index is 2.95. The van der Waals surface area contributed by atoms with Gasteiger partial charge >= 0.3 is 5.97 Å². The summed E-state index contributed by atoms with van der Waals surface area (Å²) in [4.78, 5) is 10.2. The van der Waals surface area contributed by atoms with Gasteiger partial charge in [-0.25, -0.2) is 4.79 Å². The topological polar surface area (TPSA) is 26.3 Å². The molecule has 0 aliphatic heterocycles. The van der Waals surface area contributed by atoms with E-state index in [-0.39, 0.29) is 5.56 Å². The molecule has 0 radical (unpaired) electrons. The number of rotatable bonds is 2. The van der Waals surface area contributed by atoms with Crippen LogP contribution in [0.5, 0.6) is 0 Å². The third kappa shape index (κ3) is 2.41. The van der Waals surface area contributed by atoms with E-state index in [2.05, 4.69) is 4.74 Å². The van der Waals surface area contributed by atoms with Gasteiger partial charge in [-0.2, -0.15) is 0 Å². The van der Waals surface area contributed by atoms with Crippen LogP contribution >= 0.6 is 11.2 Å². The van der Waals surface area contributed by atoms with Crippen LogP contribution in [-0.4, -0.2) is 13.1 Å². The van der Waals surface area contributed by atoms with E-state index >= 15 is 0 Å². The molecule has 0 bridgehead atoms. The summed E-state index contributed by atoms with van der Waals surface area (Å²) in [6.45, 7) is 0. The average molecular weight is 224 g/mol. The zero-order valence-electron chi connectivity index (χ0n) is 7.17. The maximum Gasteiger partial charge on any atom is 0.337 e. The van der Waals surface area contributed by atoms with Gasteiger partial charge in [-0.05, 0) is 24.3 Å². The van der Waals surface area contributed by atoms with Crippen molar-refractivity contribution < 1.29 is 21.2 Å². The molecule has 0 saturated heterocycles. The van der Waals surface area contributed by atoms with Crippen molar-refractivity contribution in [2.75, 3.05) is 7.11 Å². The molecule has 0 amide bonds. The van der Waals surface area contributed by atoms with Crippen LogP contribution in [0.15, 0.2) is 29.2 Å². The number of esters is 1. The maximum atomic E-state index is 12.2. The lowest BCUT2D eigenvalue weighted by molar-refractivity contribution is 0.0600. The van der Waals surface area contributed by atoms with Gasteiger partial charge in [-0.15, -0.1) is 11.7 Å². The Morgan fingerprint density at radius 1 is 1.21 bits per heavy atom. The van der Waals surface area contributed by atoms with Crippen molar-refractivity contribution in [3.63, 3.8) is 0 Å². The van der Waals surface area contributed by atoms with Gasteiger partial charge in [-0.3, -0.25) is 0 Å². The van der Waals surface area contributed by atoms with Crippen LogP contribution in [0, 0.1) is 0 Å². The molecule has 0 atom stereocenters. The first kappa shape index (κ1) is 10.9. The smallest absolute Gasteiger partial charge is 0.337 e. The fourth-order valence-electron chi connectivity index (χ4n) is 0.863. The molecular formula is C8H7F3O2S. The highest BCUT2D eigenvalue weighted by atomic mass is 32.3. The van der Waals surface area contributed by atoms with Crippen LogP contribution in [0.3, 0.4) is 0 Å². The monoisotopic (exact) mass is 224 g/mol. The van der Waals surface area contributed by atoms with E-state index in [0.29, 0.717) is 0 Å². The number of methoxy groups -OCH3 is 1. The van der Waals surface area contributed by atoms with Gasteiger partial charge in [-0.1, -0.05) is 0 Å². The number of carbonyl (C=O) groups excluding carboxylic acids is 1. The molecule has 0 heterocycles. The summed E-state index contributed by atoms with van der Waals surface area (Å²) in [5, 5.41) is 0. The van der Waals surface area contributed by atoms with Crippen molar-refractivity contribution in [3.8, 4) is 0 Å². The highest BCUT2D eigenvalue weighted by Gasteiger charge is 2.24. The highest BCUT2D eigenvalue weighted by Crippen LogP contribution is 2.60. The maximum absolute atomic E-state index is 12.2. The molecule has 0 N–H and O–H groups in total. The van der Waals surface area contributed by atoms with Crippen LogP contribution < -0.4 is 0 Å². The van der Waals surface area contributed by atoms with Crippen molar-refractivity contribution in [3.05, 3.63) is 29.8 Å². The SMILES string of the molecule is COC(=O)c1ccc(S(F)(F)F)cc1. The second kappa shape index (κ2) is 3.91. The summed E-state index contributed by atoms with van der Waals surface area (Å²) in [5.41, 5.74) is 0.111. The fourth-order valence-corrected chi connectivity index (χ4v) is 1.31. The van der Waals surface area contributed by atoms with Crippen LogP contribution in [0.1, 0.15) is 10.4 Å².